The first-order chi connectivity index (χ1) is 5.88. The van der Waals surface area contributed by atoms with Crippen molar-refractivity contribution >= 4 is 6.98 Å². The van der Waals surface area contributed by atoms with Crippen molar-refractivity contribution in [3.05, 3.63) is 33.1 Å². The topological polar surface area (TPSA) is 54.9 Å². The summed E-state index contributed by atoms with van der Waals surface area (Å²) in [6.07, 6.45) is -0.522. The Hall–Kier alpha value is -1.47. The molecule has 0 spiro atoms. The van der Waals surface area contributed by atoms with Crippen LogP contribution in [0.4, 0.5) is 12.9 Å². The molecular formula is C5H5BF3N2O2-. The minimum absolute atomic E-state index is 0.404. The second-order valence-electron chi connectivity index (χ2n) is 2.47. The van der Waals surface area contributed by atoms with E-state index in [4.69, 9.17) is 0 Å². The van der Waals surface area contributed by atoms with Gasteiger partial charge in [-0.05, 0) is 6.44 Å². The van der Waals surface area contributed by atoms with Crippen molar-refractivity contribution < 1.29 is 12.9 Å². The molecule has 1 heterocycles. The van der Waals surface area contributed by atoms with E-state index >= 15 is 0 Å². The molecule has 0 amide bonds. The Morgan fingerprint density at radius 3 is 2.46 bits per heavy atom. The Morgan fingerprint density at radius 1 is 1.38 bits per heavy atom. The third-order valence-electron chi connectivity index (χ3n) is 1.30. The Balaban J connectivity index is 3.04. The molecule has 0 saturated heterocycles. The van der Waals surface area contributed by atoms with Crippen molar-refractivity contribution in [2.75, 3.05) is 0 Å². The van der Waals surface area contributed by atoms with Crippen molar-refractivity contribution in [3.63, 3.8) is 0 Å². The Labute approximate surface area is 70.1 Å². The summed E-state index contributed by atoms with van der Waals surface area (Å²) in [7, 11) is 0. The number of nitrogens with zero attached hydrogens (tertiary/aromatic N) is 1. The fraction of sp³-hybridized carbons (Fsp3) is 0.200. The standard InChI is InChI=1S/C5H5BF3N2O2/c7-6(8,9)3-11-2-1-4(12)10-5(11)13/h1-2H,3H2,(H,10,12,13)/q-1. The van der Waals surface area contributed by atoms with Crippen molar-refractivity contribution in [1.29, 1.82) is 0 Å². The number of rotatable bonds is 2. The predicted molar refractivity (Wildman–Crippen MR) is 40.4 cm³/mol. The Kier molecular flexibility index (Phi) is 2.31. The monoisotopic (exact) mass is 193 g/mol. The van der Waals surface area contributed by atoms with Crippen molar-refractivity contribution in [2.24, 2.45) is 0 Å². The summed E-state index contributed by atoms with van der Waals surface area (Å²) in [6.45, 7) is -5.07. The van der Waals surface area contributed by atoms with Gasteiger partial charge in [-0.15, -0.1) is 0 Å². The number of aromatic amines is 1. The first-order valence-corrected chi connectivity index (χ1v) is 3.39. The van der Waals surface area contributed by atoms with Crippen LogP contribution in [0.2, 0.25) is 0 Å². The van der Waals surface area contributed by atoms with Crippen LogP contribution in [0.1, 0.15) is 0 Å². The average molecular weight is 193 g/mol. The lowest BCUT2D eigenvalue weighted by Gasteiger charge is -2.14. The van der Waals surface area contributed by atoms with Gasteiger partial charge in [0.1, 0.15) is 0 Å². The summed E-state index contributed by atoms with van der Waals surface area (Å²) >= 11 is 0. The van der Waals surface area contributed by atoms with Crippen LogP contribution in [0, 0.1) is 0 Å². The van der Waals surface area contributed by atoms with Crippen molar-refractivity contribution in [1.82, 2.24) is 9.55 Å². The first-order valence-electron chi connectivity index (χ1n) is 3.39. The van der Waals surface area contributed by atoms with E-state index in [1.165, 1.54) is 0 Å². The molecule has 1 N–H and O–H groups in total. The van der Waals surface area contributed by atoms with Crippen LogP contribution in [0.25, 0.3) is 0 Å². The van der Waals surface area contributed by atoms with E-state index in [1.807, 2.05) is 0 Å². The molecule has 0 fully saturated rings. The molecule has 4 nitrogen and oxygen atoms in total. The van der Waals surface area contributed by atoms with E-state index in [0.29, 0.717) is 4.57 Å². The summed E-state index contributed by atoms with van der Waals surface area (Å²) in [5.41, 5.74) is -1.76. The highest BCUT2D eigenvalue weighted by Gasteiger charge is 2.23. The minimum atomic E-state index is -5.07. The van der Waals surface area contributed by atoms with Crippen LogP contribution < -0.4 is 11.2 Å². The quantitative estimate of drug-likeness (QED) is 0.667. The van der Waals surface area contributed by atoms with Crippen LogP contribution in [-0.4, -0.2) is 16.5 Å². The molecule has 0 radical (unpaired) electrons. The average Bonchev–Trinajstić information content (AvgIpc) is 1.93. The molecule has 0 atom stereocenters. The van der Waals surface area contributed by atoms with Gasteiger partial charge in [-0.25, -0.2) is 4.79 Å². The molecule has 0 aliphatic carbocycles. The van der Waals surface area contributed by atoms with E-state index < -0.39 is 24.7 Å². The van der Waals surface area contributed by atoms with Gasteiger partial charge in [-0.3, -0.25) is 9.78 Å². The number of nitrogens with one attached hydrogen (secondary N) is 1. The third-order valence-corrected chi connectivity index (χ3v) is 1.30. The van der Waals surface area contributed by atoms with Crippen molar-refractivity contribution in [3.8, 4) is 0 Å². The number of H-pyrrole nitrogens is 1. The van der Waals surface area contributed by atoms with E-state index in [1.54, 1.807) is 4.98 Å². The number of hydrogen-bond donors (Lipinski definition) is 1. The molecule has 0 aliphatic rings. The molecule has 1 aromatic heterocycles. The first kappa shape index (κ1) is 9.62. The summed E-state index contributed by atoms with van der Waals surface area (Å²) in [5.74, 6) is 0. The second kappa shape index (κ2) is 3.12. The van der Waals surface area contributed by atoms with E-state index in [0.717, 1.165) is 12.3 Å². The zero-order valence-electron chi connectivity index (χ0n) is 6.34. The van der Waals surface area contributed by atoms with Gasteiger partial charge >= 0.3 is 12.7 Å². The molecule has 1 aromatic rings. The molecule has 13 heavy (non-hydrogen) atoms. The number of halogens is 3. The summed E-state index contributed by atoms with van der Waals surface area (Å²) in [5, 5.41) is 0. The number of aromatic nitrogens is 2. The van der Waals surface area contributed by atoms with Crippen LogP contribution in [0.3, 0.4) is 0 Å². The molecule has 0 unspecified atom stereocenters. The normalized spacial score (nSPS) is 11.6. The number of hydrogen-bond acceptors (Lipinski definition) is 2. The lowest BCUT2D eigenvalue weighted by Crippen LogP contribution is -2.35. The molecule has 8 heteroatoms. The molecular weight excluding hydrogens is 188 g/mol. The Bertz CT molecular complexity index is 407. The fourth-order valence-corrected chi connectivity index (χ4v) is 0.811. The largest absolute Gasteiger partial charge is 0.497 e. The van der Waals surface area contributed by atoms with Gasteiger partial charge in [0.05, 0.1) is 0 Å². The molecule has 1 rings (SSSR count). The molecule has 0 aromatic carbocycles. The minimum Gasteiger partial charge on any atom is -0.448 e. The SMILES string of the molecule is O=c1ccn(C[B-](F)(F)F)c(=O)[nH]1. The van der Waals surface area contributed by atoms with Crippen LogP contribution >= 0.6 is 0 Å². The van der Waals surface area contributed by atoms with E-state index in [-0.39, 0.29) is 0 Å². The van der Waals surface area contributed by atoms with Gasteiger partial charge in [0, 0.05) is 12.3 Å². The Morgan fingerprint density at radius 2 is 2.00 bits per heavy atom. The summed E-state index contributed by atoms with van der Waals surface area (Å²) in [4.78, 5) is 22.9. The van der Waals surface area contributed by atoms with Crippen LogP contribution in [0.5, 0.6) is 0 Å². The fourth-order valence-electron chi connectivity index (χ4n) is 0.811. The van der Waals surface area contributed by atoms with Gasteiger partial charge in [-0.1, -0.05) is 0 Å². The predicted octanol–water partition coefficient (Wildman–Crippen LogP) is -0.0768. The maximum atomic E-state index is 11.8. The highest BCUT2D eigenvalue weighted by molar-refractivity contribution is 6.57. The summed E-state index contributed by atoms with van der Waals surface area (Å²) < 4.78 is 35.9. The lowest BCUT2D eigenvalue weighted by atomic mass is 9.92. The van der Waals surface area contributed by atoms with E-state index in [2.05, 4.69) is 0 Å². The molecule has 0 aliphatic heterocycles. The molecule has 0 bridgehead atoms. The second-order valence-corrected chi connectivity index (χ2v) is 2.47. The van der Waals surface area contributed by atoms with Gasteiger partial charge < -0.3 is 17.5 Å². The van der Waals surface area contributed by atoms with Crippen LogP contribution in [-0.2, 0) is 6.44 Å². The zero-order chi connectivity index (χ0) is 10.1. The maximum Gasteiger partial charge on any atom is 0.497 e. The van der Waals surface area contributed by atoms with Crippen LogP contribution in [0.15, 0.2) is 21.9 Å². The summed E-state index contributed by atoms with van der Waals surface area (Å²) in [6, 6.07) is 0.864. The van der Waals surface area contributed by atoms with E-state index in [9.17, 15) is 22.5 Å². The molecule has 0 saturated carbocycles. The van der Waals surface area contributed by atoms with Crippen molar-refractivity contribution in [2.45, 2.75) is 6.44 Å². The zero-order valence-corrected chi connectivity index (χ0v) is 6.34. The van der Waals surface area contributed by atoms with Gasteiger partial charge in [-0.2, -0.15) is 0 Å². The van der Waals surface area contributed by atoms with Gasteiger partial charge in [0.25, 0.3) is 5.56 Å². The molecule has 72 valence electrons. The van der Waals surface area contributed by atoms with Gasteiger partial charge in [0.15, 0.2) is 0 Å². The maximum absolute atomic E-state index is 11.8. The van der Waals surface area contributed by atoms with Gasteiger partial charge in [0.2, 0.25) is 0 Å². The smallest absolute Gasteiger partial charge is 0.448 e. The highest BCUT2D eigenvalue weighted by Crippen LogP contribution is 2.08. The lowest BCUT2D eigenvalue weighted by molar-refractivity contribution is 0.441. The highest BCUT2D eigenvalue weighted by atomic mass is 19.4. The third kappa shape index (κ3) is 2.81.